The number of alkyl halides is 3. The second-order valence-corrected chi connectivity index (χ2v) is 10.7. The van der Waals surface area contributed by atoms with E-state index in [9.17, 15) is 21.6 Å². The van der Waals surface area contributed by atoms with Crippen LogP contribution in [0, 0.1) is 11.8 Å². The highest BCUT2D eigenvalue weighted by atomic mass is 32.2. The quantitative estimate of drug-likeness (QED) is 0.499. The van der Waals surface area contributed by atoms with Crippen LogP contribution in [-0.4, -0.2) is 52.7 Å². The Balaban J connectivity index is 1.33. The van der Waals surface area contributed by atoms with Gasteiger partial charge >= 0.3 is 6.18 Å². The van der Waals surface area contributed by atoms with Crippen LogP contribution in [0.3, 0.4) is 0 Å². The van der Waals surface area contributed by atoms with Gasteiger partial charge in [-0.15, -0.1) is 0 Å². The Hall–Kier alpha value is -1.16. The molecule has 0 atom stereocenters. The van der Waals surface area contributed by atoms with Gasteiger partial charge in [-0.3, -0.25) is 0 Å². The molecule has 2 saturated carbocycles. The van der Waals surface area contributed by atoms with Crippen LogP contribution in [0.15, 0.2) is 29.2 Å². The first-order valence-electron chi connectivity index (χ1n) is 11.1. The summed E-state index contributed by atoms with van der Waals surface area (Å²) in [7, 11) is -1.66. The van der Waals surface area contributed by atoms with Crippen LogP contribution in [0.5, 0.6) is 0 Å². The van der Waals surface area contributed by atoms with E-state index in [2.05, 4.69) is 16.7 Å². The fraction of sp³-hybridized carbons (Fsp3) is 0.727. The number of halogens is 3. The molecule has 31 heavy (non-hydrogen) atoms. The fourth-order valence-electron chi connectivity index (χ4n) is 4.05. The molecule has 1 N–H and O–H groups in total. The third-order valence-electron chi connectivity index (χ3n) is 6.15. The summed E-state index contributed by atoms with van der Waals surface area (Å²) in [5, 5.41) is 0. The second kappa shape index (κ2) is 10.6. The fourth-order valence-corrected chi connectivity index (χ4v) is 5.17. The zero-order valence-electron chi connectivity index (χ0n) is 18.0. The molecule has 0 heterocycles. The molecule has 0 bridgehead atoms. The van der Waals surface area contributed by atoms with Crippen LogP contribution >= 0.6 is 0 Å². The SMILES string of the molecule is CN(CCCOC1CCC(CNS(=O)(=O)c2ccc(C(F)(F)F)cc2)CC1)CC1CC1. The first-order chi connectivity index (χ1) is 14.6. The van der Waals surface area contributed by atoms with E-state index in [1.54, 1.807) is 0 Å². The van der Waals surface area contributed by atoms with Crippen LogP contribution in [-0.2, 0) is 20.9 Å². The Kier molecular flexibility index (Phi) is 8.40. The van der Waals surface area contributed by atoms with E-state index >= 15 is 0 Å². The lowest BCUT2D eigenvalue weighted by Gasteiger charge is -2.29. The first kappa shape index (κ1) is 24.5. The lowest BCUT2D eigenvalue weighted by atomic mass is 9.87. The van der Waals surface area contributed by atoms with E-state index < -0.39 is 21.8 Å². The standard InChI is InChI=1S/C22H33F3N2O3S/c1-27(16-18-3-4-18)13-2-14-30-20-9-5-17(6-10-20)15-26-31(28,29)21-11-7-19(8-12-21)22(23,24)25/h7-8,11-12,17-18,20,26H,2-6,9-10,13-16H2,1H3. The average molecular weight is 463 g/mol. The molecule has 1 aromatic carbocycles. The highest BCUT2D eigenvalue weighted by Gasteiger charge is 2.31. The van der Waals surface area contributed by atoms with Gasteiger partial charge in [-0.2, -0.15) is 13.2 Å². The summed E-state index contributed by atoms with van der Waals surface area (Å²) < 4.78 is 71.2. The minimum atomic E-state index is -4.48. The van der Waals surface area contributed by atoms with E-state index in [1.807, 2.05) is 0 Å². The molecule has 176 valence electrons. The Labute approximate surface area is 183 Å². The van der Waals surface area contributed by atoms with Crippen LogP contribution in [0.4, 0.5) is 13.2 Å². The maximum absolute atomic E-state index is 12.6. The topological polar surface area (TPSA) is 58.6 Å². The van der Waals surface area contributed by atoms with Crippen molar-refractivity contribution in [3.8, 4) is 0 Å². The molecule has 0 amide bonds. The lowest BCUT2D eigenvalue weighted by molar-refractivity contribution is -0.137. The molecule has 3 rings (SSSR count). The average Bonchev–Trinajstić information content (AvgIpc) is 3.54. The highest BCUT2D eigenvalue weighted by molar-refractivity contribution is 7.89. The Morgan fingerprint density at radius 1 is 1.03 bits per heavy atom. The summed E-state index contributed by atoms with van der Waals surface area (Å²) in [6.07, 6.45) is 3.07. The van der Waals surface area contributed by atoms with Crippen LogP contribution in [0.1, 0.15) is 50.5 Å². The van der Waals surface area contributed by atoms with Crippen LogP contribution < -0.4 is 4.72 Å². The van der Waals surface area contributed by atoms with Gasteiger partial charge < -0.3 is 9.64 Å². The maximum atomic E-state index is 12.6. The van der Waals surface area contributed by atoms with Gasteiger partial charge in [0.25, 0.3) is 0 Å². The number of hydrogen-bond donors (Lipinski definition) is 1. The van der Waals surface area contributed by atoms with Crippen molar-refractivity contribution in [2.45, 2.75) is 62.1 Å². The molecule has 2 aliphatic carbocycles. The zero-order chi connectivity index (χ0) is 22.5. The summed E-state index contributed by atoms with van der Waals surface area (Å²) in [5.41, 5.74) is -0.862. The van der Waals surface area contributed by atoms with Crippen molar-refractivity contribution in [2.75, 3.05) is 33.3 Å². The Bertz CT molecular complexity index is 787. The minimum Gasteiger partial charge on any atom is -0.378 e. The van der Waals surface area contributed by atoms with Crippen molar-refractivity contribution in [1.82, 2.24) is 9.62 Å². The van der Waals surface area contributed by atoms with Crippen molar-refractivity contribution >= 4 is 10.0 Å². The zero-order valence-corrected chi connectivity index (χ0v) is 18.9. The second-order valence-electron chi connectivity index (χ2n) is 8.95. The molecular formula is C22H33F3N2O3S. The number of sulfonamides is 1. The highest BCUT2D eigenvalue weighted by Crippen LogP contribution is 2.31. The minimum absolute atomic E-state index is 0.149. The molecule has 1 aromatic rings. The molecule has 0 saturated heterocycles. The van der Waals surface area contributed by atoms with Crippen molar-refractivity contribution < 1.29 is 26.3 Å². The molecule has 0 radical (unpaired) electrons. The van der Waals surface area contributed by atoms with Gasteiger partial charge in [0.05, 0.1) is 16.6 Å². The monoisotopic (exact) mass is 462 g/mol. The molecule has 5 nitrogen and oxygen atoms in total. The van der Waals surface area contributed by atoms with Gasteiger partial charge in [-0.1, -0.05) is 0 Å². The Morgan fingerprint density at radius 2 is 1.65 bits per heavy atom. The molecule has 9 heteroatoms. The van der Waals surface area contributed by atoms with E-state index in [4.69, 9.17) is 4.74 Å². The summed E-state index contributed by atoms with van der Waals surface area (Å²) >= 11 is 0. The number of ether oxygens (including phenoxy) is 1. The van der Waals surface area contributed by atoms with Crippen molar-refractivity contribution in [2.24, 2.45) is 11.8 Å². The lowest BCUT2D eigenvalue weighted by Crippen LogP contribution is -2.33. The molecule has 2 fully saturated rings. The van der Waals surface area contributed by atoms with Gasteiger partial charge in [-0.05, 0) is 88.1 Å². The predicted octanol–water partition coefficient (Wildman–Crippen LogP) is 4.29. The normalized spacial score (nSPS) is 22.7. The number of hydrogen-bond acceptors (Lipinski definition) is 4. The van der Waals surface area contributed by atoms with E-state index in [0.717, 1.165) is 75.4 Å². The van der Waals surface area contributed by atoms with Gasteiger partial charge in [0.15, 0.2) is 0 Å². The van der Waals surface area contributed by atoms with E-state index in [0.29, 0.717) is 6.54 Å². The molecule has 0 unspecified atom stereocenters. The molecular weight excluding hydrogens is 429 g/mol. The number of benzene rings is 1. The summed E-state index contributed by atoms with van der Waals surface area (Å²) in [4.78, 5) is 2.23. The van der Waals surface area contributed by atoms with E-state index in [1.165, 1.54) is 19.4 Å². The van der Waals surface area contributed by atoms with Gasteiger partial charge in [0.2, 0.25) is 10.0 Å². The Morgan fingerprint density at radius 3 is 2.23 bits per heavy atom. The smallest absolute Gasteiger partial charge is 0.378 e. The first-order valence-corrected chi connectivity index (χ1v) is 12.6. The van der Waals surface area contributed by atoms with Crippen molar-refractivity contribution in [1.29, 1.82) is 0 Å². The molecule has 0 aliphatic heterocycles. The molecule has 2 aliphatic rings. The number of nitrogens with one attached hydrogen (secondary N) is 1. The van der Waals surface area contributed by atoms with E-state index in [-0.39, 0.29) is 16.9 Å². The van der Waals surface area contributed by atoms with Gasteiger partial charge in [0, 0.05) is 26.2 Å². The third-order valence-corrected chi connectivity index (χ3v) is 7.59. The van der Waals surface area contributed by atoms with Crippen molar-refractivity contribution in [3.63, 3.8) is 0 Å². The summed E-state index contributed by atoms with van der Waals surface area (Å²) in [5.74, 6) is 1.12. The van der Waals surface area contributed by atoms with Crippen LogP contribution in [0.2, 0.25) is 0 Å². The van der Waals surface area contributed by atoms with Gasteiger partial charge in [-0.25, -0.2) is 13.1 Å². The van der Waals surface area contributed by atoms with Crippen molar-refractivity contribution in [3.05, 3.63) is 29.8 Å². The number of nitrogens with zero attached hydrogens (tertiary/aromatic N) is 1. The summed E-state index contributed by atoms with van der Waals surface area (Å²) in [6.45, 7) is 3.29. The predicted molar refractivity (Wildman–Crippen MR) is 113 cm³/mol. The molecule has 0 aromatic heterocycles. The summed E-state index contributed by atoms with van der Waals surface area (Å²) in [6, 6.07) is 3.58. The largest absolute Gasteiger partial charge is 0.416 e. The maximum Gasteiger partial charge on any atom is 0.416 e. The third kappa shape index (κ3) is 8.04. The molecule has 0 spiro atoms. The van der Waals surface area contributed by atoms with Crippen LogP contribution in [0.25, 0.3) is 0 Å². The number of rotatable bonds is 11. The van der Waals surface area contributed by atoms with Gasteiger partial charge in [0.1, 0.15) is 0 Å².